The Balaban J connectivity index is 1.74. The Kier molecular flexibility index (Phi) is 6.83. The summed E-state index contributed by atoms with van der Waals surface area (Å²) in [5, 5.41) is 9.59. The second-order valence-electron chi connectivity index (χ2n) is 7.22. The lowest BCUT2D eigenvalue weighted by Gasteiger charge is -2.22. The van der Waals surface area contributed by atoms with Gasteiger partial charge in [-0.1, -0.05) is 68.3 Å². The molecule has 0 radical (unpaired) electrons. The van der Waals surface area contributed by atoms with E-state index in [0.717, 1.165) is 22.8 Å². The Morgan fingerprint density at radius 2 is 1.74 bits per heavy atom. The average Bonchev–Trinajstić information content (AvgIpc) is 2.74. The standard InChI is InChI=1S/C24H28O3/c1-2-24(26)27-15-14-22-16-21(12-13-23(22)17-25)20-10-8-19(9-11-20)18-6-4-3-5-7-18/h2,8-13,16,18,25H,1,3-7,14-15,17H2. The predicted octanol–water partition coefficient (Wildman–Crippen LogP) is 5.17. The van der Waals surface area contributed by atoms with Gasteiger partial charge in [0, 0.05) is 12.5 Å². The van der Waals surface area contributed by atoms with Crippen LogP contribution in [0.15, 0.2) is 55.1 Å². The van der Waals surface area contributed by atoms with Gasteiger partial charge in [-0.25, -0.2) is 4.79 Å². The van der Waals surface area contributed by atoms with Crippen LogP contribution in [-0.4, -0.2) is 17.7 Å². The first-order chi connectivity index (χ1) is 13.2. The van der Waals surface area contributed by atoms with Crippen molar-refractivity contribution in [3.05, 3.63) is 71.8 Å². The van der Waals surface area contributed by atoms with Gasteiger partial charge in [-0.2, -0.15) is 0 Å². The fourth-order valence-corrected chi connectivity index (χ4v) is 3.90. The van der Waals surface area contributed by atoms with Crippen LogP contribution in [0.1, 0.15) is 54.7 Å². The molecule has 1 N–H and O–H groups in total. The van der Waals surface area contributed by atoms with E-state index in [1.165, 1.54) is 43.2 Å². The van der Waals surface area contributed by atoms with E-state index >= 15 is 0 Å². The Morgan fingerprint density at radius 1 is 1.04 bits per heavy atom. The highest BCUT2D eigenvalue weighted by atomic mass is 16.5. The summed E-state index contributed by atoms with van der Waals surface area (Å²) in [6.45, 7) is 3.66. The minimum atomic E-state index is -0.421. The molecule has 0 saturated heterocycles. The zero-order chi connectivity index (χ0) is 19.1. The molecule has 1 aliphatic rings. The zero-order valence-electron chi connectivity index (χ0n) is 15.8. The van der Waals surface area contributed by atoms with E-state index in [2.05, 4.69) is 36.9 Å². The van der Waals surface area contributed by atoms with Gasteiger partial charge in [-0.05, 0) is 46.6 Å². The summed E-state index contributed by atoms with van der Waals surface area (Å²) in [7, 11) is 0. The van der Waals surface area contributed by atoms with Gasteiger partial charge < -0.3 is 9.84 Å². The Labute approximate surface area is 161 Å². The van der Waals surface area contributed by atoms with Crippen LogP contribution in [-0.2, 0) is 22.6 Å². The van der Waals surface area contributed by atoms with E-state index in [0.29, 0.717) is 12.3 Å². The molecule has 0 atom stereocenters. The van der Waals surface area contributed by atoms with Crippen LogP contribution in [0, 0.1) is 0 Å². The summed E-state index contributed by atoms with van der Waals surface area (Å²) in [4.78, 5) is 11.2. The van der Waals surface area contributed by atoms with Crippen molar-refractivity contribution in [1.82, 2.24) is 0 Å². The van der Waals surface area contributed by atoms with Gasteiger partial charge in [-0.15, -0.1) is 0 Å². The number of hydrogen-bond donors (Lipinski definition) is 1. The summed E-state index contributed by atoms with van der Waals surface area (Å²) in [6, 6.07) is 15.0. The molecular formula is C24H28O3. The average molecular weight is 364 g/mol. The highest BCUT2D eigenvalue weighted by Gasteiger charge is 2.15. The van der Waals surface area contributed by atoms with E-state index < -0.39 is 5.97 Å². The van der Waals surface area contributed by atoms with Gasteiger partial charge >= 0.3 is 5.97 Å². The first-order valence-electron chi connectivity index (χ1n) is 9.83. The first kappa shape index (κ1) is 19.4. The largest absolute Gasteiger partial charge is 0.462 e. The number of benzene rings is 2. The first-order valence-corrected chi connectivity index (χ1v) is 9.83. The van der Waals surface area contributed by atoms with Crippen molar-refractivity contribution in [2.24, 2.45) is 0 Å². The van der Waals surface area contributed by atoms with Crippen molar-refractivity contribution in [2.45, 2.75) is 51.0 Å². The molecule has 0 bridgehead atoms. The van der Waals surface area contributed by atoms with Crippen molar-refractivity contribution in [1.29, 1.82) is 0 Å². The number of aliphatic hydroxyl groups is 1. The number of aliphatic hydroxyl groups excluding tert-OH is 1. The summed E-state index contributed by atoms with van der Waals surface area (Å²) in [5.41, 5.74) is 5.60. The molecule has 0 aliphatic heterocycles. The zero-order valence-corrected chi connectivity index (χ0v) is 15.8. The summed E-state index contributed by atoms with van der Waals surface area (Å²) >= 11 is 0. The molecule has 3 rings (SSSR count). The summed E-state index contributed by atoms with van der Waals surface area (Å²) < 4.78 is 5.08. The molecule has 1 saturated carbocycles. The van der Waals surface area contributed by atoms with Crippen LogP contribution in [0.2, 0.25) is 0 Å². The van der Waals surface area contributed by atoms with Crippen molar-refractivity contribution < 1.29 is 14.6 Å². The van der Waals surface area contributed by atoms with Crippen molar-refractivity contribution in [3.63, 3.8) is 0 Å². The quantitative estimate of drug-likeness (QED) is 0.545. The Bertz CT molecular complexity index is 771. The van der Waals surface area contributed by atoms with E-state index in [9.17, 15) is 9.90 Å². The van der Waals surface area contributed by atoms with Crippen molar-refractivity contribution in [3.8, 4) is 11.1 Å². The molecule has 3 nitrogen and oxygen atoms in total. The van der Waals surface area contributed by atoms with Gasteiger partial charge in [0.05, 0.1) is 13.2 Å². The van der Waals surface area contributed by atoms with Gasteiger partial charge in [0.15, 0.2) is 0 Å². The monoisotopic (exact) mass is 364 g/mol. The number of carbonyl (C=O) groups excluding carboxylic acids is 1. The maximum Gasteiger partial charge on any atom is 0.330 e. The molecule has 142 valence electrons. The molecule has 2 aromatic carbocycles. The topological polar surface area (TPSA) is 46.5 Å². The van der Waals surface area contributed by atoms with E-state index in [-0.39, 0.29) is 13.2 Å². The lowest BCUT2D eigenvalue weighted by molar-refractivity contribution is -0.137. The third-order valence-corrected chi connectivity index (χ3v) is 5.48. The van der Waals surface area contributed by atoms with Crippen LogP contribution >= 0.6 is 0 Å². The molecule has 0 amide bonds. The number of rotatable bonds is 7. The Hall–Kier alpha value is -2.39. The molecule has 2 aromatic rings. The highest BCUT2D eigenvalue weighted by molar-refractivity contribution is 5.81. The number of hydrogen-bond acceptors (Lipinski definition) is 3. The van der Waals surface area contributed by atoms with E-state index in [4.69, 9.17) is 4.74 Å². The minimum Gasteiger partial charge on any atom is -0.462 e. The van der Waals surface area contributed by atoms with Crippen LogP contribution in [0.5, 0.6) is 0 Å². The molecule has 0 aromatic heterocycles. The number of ether oxygens (including phenoxy) is 1. The lowest BCUT2D eigenvalue weighted by atomic mass is 9.83. The molecule has 1 fully saturated rings. The van der Waals surface area contributed by atoms with Crippen LogP contribution in [0.4, 0.5) is 0 Å². The third kappa shape index (κ3) is 5.08. The van der Waals surface area contributed by atoms with Crippen LogP contribution in [0.25, 0.3) is 11.1 Å². The van der Waals surface area contributed by atoms with Gasteiger partial charge in [0.1, 0.15) is 0 Å². The fourth-order valence-electron chi connectivity index (χ4n) is 3.90. The van der Waals surface area contributed by atoms with Crippen molar-refractivity contribution in [2.75, 3.05) is 6.61 Å². The second-order valence-corrected chi connectivity index (χ2v) is 7.22. The summed E-state index contributed by atoms with van der Waals surface area (Å²) in [5.74, 6) is 0.287. The van der Waals surface area contributed by atoms with Crippen LogP contribution < -0.4 is 0 Å². The third-order valence-electron chi connectivity index (χ3n) is 5.48. The number of carbonyl (C=O) groups is 1. The predicted molar refractivity (Wildman–Crippen MR) is 108 cm³/mol. The molecule has 1 aliphatic carbocycles. The fraction of sp³-hybridized carbons (Fsp3) is 0.375. The van der Waals surface area contributed by atoms with Crippen LogP contribution in [0.3, 0.4) is 0 Å². The smallest absolute Gasteiger partial charge is 0.330 e. The molecule has 0 unspecified atom stereocenters. The van der Waals surface area contributed by atoms with Gasteiger partial charge in [0.25, 0.3) is 0 Å². The van der Waals surface area contributed by atoms with Crippen molar-refractivity contribution >= 4 is 5.97 Å². The normalized spacial score (nSPS) is 14.7. The molecule has 0 heterocycles. The van der Waals surface area contributed by atoms with Gasteiger partial charge in [0.2, 0.25) is 0 Å². The molecule has 0 spiro atoms. The van der Waals surface area contributed by atoms with E-state index in [1.54, 1.807) is 0 Å². The SMILES string of the molecule is C=CC(=O)OCCc1cc(-c2ccc(C3CCCCC3)cc2)ccc1CO. The molecular weight excluding hydrogens is 336 g/mol. The maximum atomic E-state index is 11.2. The molecule has 27 heavy (non-hydrogen) atoms. The second kappa shape index (κ2) is 9.52. The maximum absolute atomic E-state index is 11.2. The van der Waals surface area contributed by atoms with E-state index in [1.807, 2.05) is 12.1 Å². The Morgan fingerprint density at radius 3 is 2.41 bits per heavy atom. The number of esters is 1. The summed E-state index contributed by atoms with van der Waals surface area (Å²) in [6.07, 6.45) is 8.40. The lowest BCUT2D eigenvalue weighted by Crippen LogP contribution is -2.06. The molecule has 3 heteroatoms. The minimum absolute atomic E-state index is 0.0222. The van der Waals surface area contributed by atoms with Gasteiger partial charge in [-0.3, -0.25) is 0 Å². The highest BCUT2D eigenvalue weighted by Crippen LogP contribution is 2.33.